The third kappa shape index (κ3) is 2.23. The van der Waals surface area contributed by atoms with Crippen LogP contribution in [0.3, 0.4) is 0 Å². The minimum absolute atomic E-state index is 0.0513. The van der Waals surface area contributed by atoms with Gasteiger partial charge in [-0.2, -0.15) is 0 Å². The summed E-state index contributed by atoms with van der Waals surface area (Å²) in [6.07, 6.45) is 3.09. The molecule has 1 amide bonds. The molecule has 1 aliphatic rings. The lowest BCUT2D eigenvalue weighted by atomic mass is 10.2. The third-order valence-electron chi connectivity index (χ3n) is 2.29. The van der Waals surface area contributed by atoms with E-state index in [2.05, 4.69) is 15.1 Å². The second-order valence-corrected chi connectivity index (χ2v) is 3.69. The smallest absolute Gasteiger partial charge is 0.280 e. The number of ether oxygens (including phenoxy) is 1. The maximum Gasteiger partial charge on any atom is 0.280 e. The van der Waals surface area contributed by atoms with E-state index in [9.17, 15) is 4.79 Å². The molecule has 1 aromatic rings. The Balaban J connectivity index is 2.41. The highest BCUT2D eigenvalue weighted by molar-refractivity contribution is 5.97. The Hall–Kier alpha value is -2.02. The van der Waals surface area contributed by atoms with Gasteiger partial charge in [0.15, 0.2) is 6.61 Å². The van der Waals surface area contributed by atoms with Crippen molar-refractivity contribution in [3.8, 4) is 0 Å². The standard InChI is InChI=1S/C10H13N5O2/c1-6(11)8-9(13-4-3-12-8)10-14-15(2)7(16)5-17-10/h3-4,6H,5,11H2,1-2H3. The third-order valence-corrected chi connectivity index (χ3v) is 2.29. The summed E-state index contributed by atoms with van der Waals surface area (Å²) in [5, 5.41) is 5.22. The number of hydrogen-bond acceptors (Lipinski definition) is 6. The van der Waals surface area contributed by atoms with Gasteiger partial charge in [0.2, 0.25) is 0 Å². The largest absolute Gasteiger partial charge is 0.465 e. The van der Waals surface area contributed by atoms with Crippen LogP contribution in [0.1, 0.15) is 24.4 Å². The predicted molar refractivity (Wildman–Crippen MR) is 59.9 cm³/mol. The molecule has 0 bridgehead atoms. The second-order valence-electron chi connectivity index (χ2n) is 3.69. The molecule has 7 heteroatoms. The summed E-state index contributed by atoms with van der Waals surface area (Å²) in [7, 11) is 1.56. The Labute approximate surface area is 98.3 Å². The minimum atomic E-state index is -0.284. The van der Waals surface area contributed by atoms with Crippen LogP contribution in [-0.4, -0.2) is 40.4 Å². The van der Waals surface area contributed by atoms with E-state index in [-0.39, 0.29) is 24.5 Å². The lowest BCUT2D eigenvalue weighted by Gasteiger charge is -2.21. The van der Waals surface area contributed by atoms with Gasteiger partial charge in [0.05, 0.1) is 5.69 Å². The first-order chi connectivity index (χ1) is 8.09. The van der Waals surface area contributed by atoms with Crippen LogP contribution < -0.4 is 5.73 Å². The normalized spacial score (nSPS) is 17.5. The van der Waals surface area contributed by atoms with Crippen LogP contribution in [-0.2, 0) is 9.53 Å². The second kappa shape index (κ2) is 4.46. The van der Waals surface area contributed by atoms with E-state index >= 15 is 0 Å². The van der Waals surface area contributed by atoms with Crippen LogP contribution in [0, 0.1) is 0 Å². The van der Waals surface area contributed by atoms with Crippen LogP contribution in [0.2, 0.25) is 0 Å². The first-order valence-electron chi connectivity index (χ1n) is 5.14. The van der Waals surface area contributed by atoms with E-state index < -0.39 is 0 Å². The molecule has 2 N–H and O–H groups in total. The van der Waals surface area contributed by atoms with Crippen LogP contribution in [0.25, 0.3) is 0 Å². The van der Waals surface area contributed by atoms with Crippen LogP contribution in [0.4, 0.5) is 0 Å². The minimum Gasteiger partial charge on any atom is -0.465 e. The number of nitrogens with zero attached hydrogens (tertiary/aromatic N) is 4. The molecule has 1 atom stereocenters. The van der Waals surface area contributed by atoms with Crippen molar-refractivity contribution in [3.63, 3.8) is 0 Å². The molecule has 0 radical (unpaired) electrons. The zero-order valence-electron chi connectivity index (χ0n) is 9.62. The Morgan fingerprint density at radius 1 is 1.47 bits per heavy atom. The number of likely N-dealkylation sites (N-methyl/N-ethyl adjacent to an activating group) is 1. The molecule has 0 fully saturated rings. The number of aromatic nitrogens is 2. The average Bonchev–Trinajstić information content (AvgIpc) is 2.32. The summed E-state index contributed by atoms with van der Waals surface area (Å²) in [6.45, 7) is 1.75. The zero-order valence-corrected chi connectivity index (χ0v) is 9.62. The molecule has 0 saturated carbocycles. The van der Waals surface area contributed by atoms with Crippen LogP contribution >= 0.6 is 0 Å². The molecule has 1 unspecified atom stereocenters. The summed E-state index contributed by atoms with van der Waals surface area (Å²) in [5.74, 6) is 0.0625. The average molecular weight is 235 g/mol. The number of hydrogen-bond donors (Lipinski definition) is 1. The SMILES string of the molecule is CC(N)c1nccnc1C1=NN(C)C(=O)CO1. The Kier molecular flexibility index (Phi) is 3.01. The van der Waals surface area contributed by atoms with Crippen molar-refractivity contribution < 1.29 is 9.53 Å². The van der Waals surface area contributed by atoms with E-state index in [1.165, 1.54) is 11.2 Å². The van der Waals surface area contributed by atoms with Gasteiger partial charge in [-0.3, -0.25) is 9.78 Å². The van der Waals surface area contributed by atoms with Gasteiger partial charge in [0, 0.05) is 25.5 Å². The number of amides is 1. The topological polar surface area (TPSA) is 93.7 Å². The maximum absolute atomic E-state index is 11.2. The van der Waals surface area contributed by atoms with Crippen molar-refractivity contribution in [1.29, 1.82) is 0 Å². The lowest BCUT2D eigenvalue weighted by Crippen LogP contribution is -2.35. The van der Waals surface area contributed by atoms with Crippen LogP contribution in [0.5, 0.6) is 0 Å². The van der Waals surface area contributed by atoms with Gasteiger partial charge in [-0.05, 0) is 6.92 Å². The van der Waals surface area contributed by atoms with Gasteiger partial charge in [0.25, 0.3) is 11.8 Å². The highest BCUT2D eigenvalue weighted by Crippen LogP contribution is 2.14. The predicted octanol–water partition coefficient (Wildman–Crippen LogP) is -0.353. The summed E-state index contributed by atoms with van der Waals surface area (Å²) < 4.78 is 5.24. The van der Waals surface area contributed by atoms with Crippen molar-refractivity contribution in [2.45, 2.75) is 13.0 Å². The number of carbonyl (C=O) groups is 1. The molecule has 0 spiro atoms. The molecule has 1 aliphatic heterocycles. The van der Waals surface area contributed by atoms with E-state index in [1.54, 1.807) is 20.2 Å². The summed E-state index contributed by atoms with van der Waals surface area (Å²) in [6, 6.07) is -0.284. The molecular formula is C10H13N5O2. The van der Waals surface area contributed by atoms with E-state index in [1.807, 2.05) is 0 Å². The molecule has 0 aliphatic carbocycles. The molecule has 2 rings (SSSR count). The fraction of sp³-hybridized carbons (Fsp3) is 0.400. The van der Waals surface area contributed by atoms with Gasteiger partial charge < -0.3 is 10.5 Å². The number of rotatable bonds is 2. The van der Waals surface area contributed by atoms with Gasteiger partial charge in [-0.15, -0.1) is 5.10 Å². The van der Waals surface area contributed by atoms with Crippen molar-refractivity contribution in [1.82, 2.24) is 15.0 Å². The number of carbonyl (C=O) groups excluding carboxylic acids is 1. The quantitative estimate of drug-likeness (QED) is 0.756. The van der Waals surface area contributed by atoms with Crippen molar-refractivity contribution in [3.05, 3.63) is 23.8 Å². The molecule has 0 saturated heterocycles. The van der Waals surface area contributed by atoms with E-state index in [4.69, 9.17) is 10.5 Å². The zero-order chi connectivity index (χ0) is 12.4. The maximum atomic E-state index is 11.2. The molecule has 1 aromatic heterocycles. The Morgan fingerprint density at radius 3 is 2.82 bits per heavy atom. The molecule has 0 aromatic carbocycles. The number of hydrazone groups is 1. The molecular weight excluding hydrogens is 222 g/mol. The fourth-order valence-corrected chi connectivity index (χ4v) is 1.41. The fourth-order valence-electron chi connectivity index (χ4n) is 1.41. The van der Waals surface area contributed by atoms with Gasteiger partial charge in [-0.25, -0.2) is 9.99 Å². The van der Waals surface area contributed by atoms with Gasteiger partial charge in [-0.1, -0.05) is 0 Å². The summed E-state index contributed by atoms with van der Waals surface area (Å²) in [4.78, 5) is 19.5. The monoisotopic (exact) mass is 235 g/mol. The summed E-state index contributed by atoms with van der Waals surface area (Å²) >= 11 is 0. The van der Waals surface area contributed by atoms with E-state index in [0.29, 0.717) is 11.4 Å². The van der Waals surface area contributed by atoms with Gasteiger partial charge in [0.1, 0.15) is 5.69 Å². The highest BCUT2D eigenvalue weighted by atomic mass is 16.5. The Morgan fingerprint density at radius 2 is 2.18 bits per heavy atom. The number of nitrogens with two attached hydrogens (primary N) is 1. The molecule has 90 valence electrons. The molecule has 2 heterocycles. The first-order valence-corrected chi connectivity index (χ1v) is 5.14. The molecule has 17 heavy (non-hydrogen) atoms. The van der Waals surface area contributed by atoms with Crippen molar-refractivity contribution in [2.75, 3.05) is 13.7 Å². The first kappa shape index (κ1) is 11.5. The van der Waals surface area contributed by atoms with Crippen LogP contribution in [0.15, 0.2) is 17.5 Å². The van der Waals surface area contributed by atoms with E-state index in [0.717, 1.165) is 0 Å². The van der Waals surface area contributed by atoms with Gasteiger partial charge >= 0.3 is 0 Å². The van der Waals surface area contributed by atoms with Crippen molar-refractivity contribution >= 4 is 11.8 Å². The Bertz CT molecular complexity index is 472. The highest BCUT2D eigenvalue weighted by Gasteiger charge is 2.23. The van der Waals surface area contributed by atoms with Crippen molar-refractivity contribution in [2.24, 2.45) is 10.8 Å². The summed E-state index contributed by atoms with van der Waals surface area (Å²) in [5.41, 5.74) is 6.86. The molecule has 7 nitrogen and oxygen atoms in total. The lowest BCUT2D eigenvalue weighted by molar-refractivity contribution is -0.134.